The summed E-state index contributed by atoms with van der Waals surface area (Å²) in [6, 6.07) is 4.23. The molecule has 0 spiro atoms. The fourth-order valence-corrected chi connectivity index (χ4v) is 4.09. The van der Waals surface area contributed by atoms with Crippen molar-refractivity contribution in [2.45, 2.75) is 33.1 Å². The predicted octanol–water partition coefficient (Wildman–Crippen LogP) is 3.16. The topological polar surface area (TPSA) is 49.3 Å². The number of amides is 1. The molecule has 1 fully saturated rings. The standard InChI is InChI=1S/C18H24N4OS/c1-11-8-15(21(4)5)9-16(19-11)14-6-7-22(10-14)18(23)17-12(2)20-13(3)24-17/h8-9,14H,6-7,10H2,1-5H3/t14-/m0/s1. The maximum absolute atomic E-state index is 12.8. The molecule has 0 radical (unpaired) electrons. The summed E-state index contributed by atoms with van der Waals surface area (Å²) in [7, 11) is 4.08. The third-order valence-corrected chi connectivity index (χ3v) is 5.53. The summed E-state index contributed by atoms with van der Waals surface area (Å²) < 4.78 is 0. The third-order valence-electron chi connectivity index (χ3n) is 4.47. The maximum atomic E-state index is 12.8. The van der Waals surface area contributed by atoms with Gasteiger partial charge >= 0.3 is 0 Å². The molecule has 1 aliphatic rings. The lowest BCUT2D eigenvalue weighted by molar-refractivity contribution is 0.0794. The maximum Gasteiger partial charge on any atom is 0.265 e. The van der Waals surface area contributed by atoms with Gasteiger partial charge in [0.2, 0.25) is 0 Å². The lowest BCUT2D eigenvalue weighted by Gasteiger charge is -2.18. The van der Waals surface area contributed by atoms with Crippen LogP contribution in [0.5, 0.6) is 0 Å². The Labute approximate surface area is 147 Å². The lowest BCUT2D eigenvalue weighted by Crippen LogP contribution is -2.28. The van der Waals surface area contributed by atoms with Crippen molar-refractivity contribution in [1.29, 1.82) is 0 Å². The largest absolute Gasteiger partial charge is 0.378 e. The van der Waals surface area contributed by atoms with Gasteiger partial charge in [0.05, 0.1) is 10.7 Å². The third kappa shape index (κ3) is 3.29. The molecule has 24 heavy (non-hydrogen) atoms. The smallest absolute Gasteiger partial charge is 0.265 e. The zero-order chi connectivity index (χ0) is 17.4. The Morgan fingerprint density at radius 1 is 1.25 bits per heavy atom. The van der Waals surface area contributed by atoms with Crippen LogP contribution in [0.25, 0.3) is 0 Å². The van der Waals surface area contributed by atoms with Crippen LogP contribution in [0.15, 0.2) is 12.1 Å². The van der Waals surface area contributed by atoms with Gasteiger partial charge in [0.15, 0.2) is 0 Å². The molecule has 128 valence electrons. The second-order valence-corrected chi connectivity index (χ2v) is 7.87. The van der Waals surface area contributed by atoms with E-state index in [1.807, 2.05) is 39.8 Å². The number of rotatable bonds is 3. The van der Waals surface area contributed by atoms with E-state index in [1.54, 1.807) is 0 Å². The lowest BCUT2D eigenvalue weighted by atomic mass is 10.0. The first-order valence-electron chi connectivity index (χ1n) is 8.24. The fraction of sp³-hybridized carbons (Fsp3) is 0.500. The molecule has 3 rings (SSSR count). The summed E-state index contributed by atoms with van der Waals surface area (Å²) in [4.78, 5) is 26.7. The number of nitrogens with zero attached hydrogens (tertiary/aromatic N) is 4. The second-order valence-electron chi connectivity index (χ2n) is 6.67. The summed E-state index contributed by atoms with van der Waals surface area (Å²) in [6.45, 7) is 7.40. The molecule has 1 amide bonds. The number of likely N-dealkylation sites (tertiary alicyclic amines) is 1. The van der Waals surface area contributed by atoms with E-state index in [1.165, 1.54) is 11.3 Å². The Kier molecular flexibility index (Phi) is 4.58. The predicted molar refractivity (Wildman–Crippen MR) is 98.2 cm³/mol. The molecule has 0 bridgehead atoms. The van der Waals surface area contributed by atoms with Crippen molar-refractivity contribution in [3.8, 4) is 0 Å². The van der Waals surface area contributed by atoms with Gasteiger partial charge < -0.3 is 9.80 Å². The molecule has 0 aliphatic carbocycles. The molecule has 0 saturated carbocycles. The number of carbonyl (C=O) groups excluding carboxylic acids is 1. The van der Waals surface area contributed by atoms with Crippen LogP contribution < -0.4 is 4.90 Å². The van der Waals surface area contributed by atoms with E-state index in [-0.39, 0.29) is 5.91 Å². The van der Waals surface area contributed by atoms with E-state index < -0.39 is 0 Å². The van der Waals surface area contributed by atoms with Crippen LogP contribution in [0, 0.1) is 20.8 Å². The van der Waals surface area contributed by atoms with Gasteiger partial charge in [-0.25, -0.2) is 4.98 Å². The molecular formula is C18H24N4OS. The molecule has 3 heterocycles. The Morgan fingerprint density at radius 3 is 2.62 bits per heavy atom. The number of carbonyl (C=O) groups is 1. The van der Waals surface area contributed by atoms with E-state index >= 15 is 0 Å². The van der Waals surface area contributed by atoms with E-state index in [2.05, 4.69) is 22.0 Å². The quantitative estimate of drug-likeness (QED) is 0.858. The van der Waals surface area contributed by atoms with Crippen molar-refractivity contribution in [3.05, 3.63) is 39.1 Å². The van der Waals surface area contributed by atoms with E-state index in [0.29, 0.717) is 5.92 Å². The highest BCUT2D eigenvalue weighted by Crippen LogP contribution is 2.30. The molecule has 1 atom stereocenters. The second kappa shape index (κ2) is 6.51. The van der Waals surface area contributed by atoms with Crippen molar-refractivity contribution < 1.29 is 4.79 Å². The van der Waals surface area contributed by atoms with Crippen LogP contribution in [0.4, 0.5) is 5.69 Å². The SMILES string of the molecule is Cc1cc(N(C)C)cc([C@H]2CCN(C(=O)c3sc(C)nc3C)C2)n1. The minimum absolute atomic E-state index is 0.112. The average molecular weight is 344 g/mol. The van der Waals surface area contributed by atoms with E-state index in [0.717, 1.165) is 52.2 Å². The Morgan fingerprint density at radius 2 is 2.00 bits per heavy atom. The van der Waals surface area contributed by atoms with Crippen molar-refractivity contribution in [2.24, 2.45) is 0 Å². The molecule has 0 unspecified atom stereocenters. The molecule has 1 aliphatic heterocycles. The number of aryl methyl sites for hydroxylation is 3. The van der Waals surface area contributed by atoms with Gasteiger partial charge in [0.25, 0.3) is 5.91 Å². The summed E-state index contributed by atoms with van der Waals surface area (Å²) in [5.41, 5.74) is 4.12. The number of hydrogen-bond acceptors (Lipinski definition) is 5. The normalized spacial score (nSPS) is 17.4. The minimum atomic E-state index is 0.112. The van der Waals surface area contributed by atoms with Crippen LogP contribution in [-0.2, 0) is 0 Å². The van der Waals surface area contributed by atoms with Crippen LogP contribution >= 0.6 is 11.3 Å². The van der Waals surface area contributed by atoms with Gasteiger partial charge in [0.1, 0.15) is 4.88 Å². The average Bonchev–Trinajstić information content (AvgIpc) is 3.12. The number of aromatic nitrogens is 2. The van der Waals surface area contributed by atoms with Crippen molar-refractivity contribution in [2.75, 3.05) is 32.1 Å². The molecule has 2 aromatic heterocycles. The molecule has 5 nitrogen and oxygen atoms in total. The highest BCUT2D eigenvalue weighted by Gasteiger charge is 2.30. The molecule has 6 heteroatoms. The van der Waals surface area contributed by atoms with Crippen LogP contribution in [0.1, 0.15) is 44.1 Å². The van der Waals surface area contributed by atoms with Gasteiger partial charge in [0, 0.05) is 50.2 Å². The number of hydrogen-bond donors (Lipinski definition) is 0. The molecule has 1 saturated heterocycles. The van der Waals surface area contributed by atoms with E-state index in [4.69, 9.17) is 4.98 Å². The Balaban J connectivity index is 1.78. The summed E-state index contributed by atoms with van der Waals surface area (Å²) in [5.74, 6) is 0.419. The van der Waals surface area contributed by atoms with Gasteiger partial charge in [-0.2, -0.15) is 0 Å². The van der Waals surface area contributed by atoms with Gasteiger partial charge in [-0.05, 0) is 39.3 Å². The first-order valence-corrected chi connectivity index (χ1v) is 9.06. The molecule has 2 aromatic rings. The summed E-state index contributed by atoms with van der Waals surface area (Å²) in [5, 5.41) is 0.947. The first kappa shape index (κ1) is 16.9. The van der Waals surface area contributed by atoms with Crippen molar-refractivity contribution in [1.82, 2.24) is 14.9 Å². The molecule has 0 aromatic carbocycles. The van der Waals surface area contributed by atoms with Crippen molar-refractivity contribution >= 4 is 22.9 Å². The highest BCUT2D eigenvalue weighted by atomic mass is 32.1. The first-order chi connectivity index (χ1) is 11.3. The van der Waals surface area contributed by atoms with Crippen molar-refractivity contribution in [3.63, 3.8) is 0 Å². The molecule has 0 N–H and O–H groups in total. The van der Waals surface area contributed by atoms with E-state index in [9.17, 15) is 4.79 Å². The zero-order valence-electron chi connectivity index (χ0n) is 15.0. The van der Waals surface area contributed by atoms with Crippen LogP contribution in [-0.4, -0.2) is 48.0 Å². The Hall–Kier alpha value is -1.95. The number of anilines is 1. The minimum Gasteiger partial charge on any atom is -0.378 e. The summed E-state index contributed by atoms with van der Waals surface area (Å²) in [6.07, 6.45) is 0.964. The zero-order valence-corrected chi connectivity index (χ0v) is 15.8. The number of thiazole rings is 1. The Bertz CT molecular complexity index is 768. The van der Waals surface area contributed by atoms with Gasteiger partial charge in [-0.15, -0.1) is 11.3 Å². The monoisotopic (exact) mass is 344 g/mol. The molecular weight excluding hydrogens is 320 g/mol. The van der Waals surface area contributed by atoms with Gasteiger partial charge in [-0.1, -0.05) is 0 Å². The van der Waals surface area contributed by atoms with Crippen LogP contribution in [0.3, 0.4) is 0 Å². The van der Waals surface area contributed by atoms with Gasteiger partial charge in [-0.3, -0.25) is 9.78 Å². The number of pyridine rings is 1. The fourth-order valence-electron chi connectivity index (χ4n) is 3.20. The summed E-state index contributed by atoms with van der Waals surface area (Å²) >= 11 is 1.49. The highest BCUT2D eigenvalue weighted by molar-refractivity contribution is 7.13. The van der Waals surface area contributed by atoms with Crippen LogP contribution in [0.2, 0.25) is 0 Å².